The van der Waals surface area contributed by atoms with Crippen LogP contribution in [0.1, 0.15) is 20.8 Å². The number of H-pyrrole nitrogens is 1. The van der Waals surface area contributed by atoms with Crippen LogP contribution in [0.4, 0.5) is 10.1 Å². The Labute approximate surface area is 116 Å². The molecule has 0 aliphatic heterocycles. The number of amides is 2. The van der Waals surface area contributed by atoms with Gasteiger partial charge in [-0.2, -0.15) is 0 Å². The number of anilines is 1. The highest BCUT2D eigenvalue weighted by atomic mass is 79.9. The number of hydrogen-bond donors (Lipinski definition) is 3. The van der Waals surface area contributed by atoms with Gasteiger partial charge in [0, 0.05) is 16.2 Å². The van der Waals surface area contributed by atoms with Crippen LogP contribution in [0, 0.1) is 5.82 Å². The lowest BCUT2D eigenvalue weighted by atomic mass is 10.2. The van der Waals surface area contributed by atoms with Crippen molar-refractivity contribution in [3.8, 4) is 0 Å². The summed E-state index contributed by atoms with van der Waals surface area (Å²) in [5, 5.41) is 2.36. The maximum Gasteiger partial charge on any atom is 0.272 e. The zero-order valence-corrected chi connectivity index (χ0v) is 11.1. The van der Waals surface area contributed by atoms with E-state index in [0.29, 0.717) is 4.47 Å². The Morgan fingerprint density at radius 3 is 2.63 bits per heavy atom. The first kappa shape index (κ1) is 13.3. The number of aromatic nitrogens is 1. The van der Waals surface area contributed by atoms with Gasteiger partial charge in [-0.3, -0.25) is 9.59 Å². The van der Waals surface area contributed by atoms with E-state index in [9.17, 15) is 14.0 Å². The molecule has 7 heteroatoms. The molecule has 0 saturated heterocycles. The molecule has 0 atom stereocenters. The number of rotatable bonds is 3. The zero-order chi connectivity index (χ0) is 14.0. The Hall–Kier alpha value is -2.15. The predicted molar refractivity (Wildman–Crippen MR) is 71.4 cm³/mol. The molecule has 98 valence electrons. The molecule has 19 heavy (non-hydrogen) atoms. The molecular weight excluding hydrogens is 317 g/mol. The van der Waals surface area contributed by atoms with E-state index in [1.807, 2.05) is 0 Å². The maximum atomic E-state index is 13.5. The molecule has 1 aromatic heterocycles. The van der Waals surface area contributed by atoms with Crippen molar-refractivity contribution in [3.63, 3.8) is 0 Å². The molecule has 0 bridgehead atoms. The highest BCUT2D eigenvalue weighted by molar-refractivity contribution is 9.10. The monoisotopic (exact) mass is 325 g/mol. The summed E-state index contributed by atoms with van der Waals surface area (Å²) >= 11 is 3.18. The van der Waals surface area contributed by atoms with Crippen molar-refractivity contribution in [2.24, 2.45) is 5.73 Å². The second kappa shape index (κ2) is 5.23. The van der Waals surface area contributed by atoms with Gasteiger partial charge in [0.15, 0.2) is 0 Å². The Morgan fingerprint density at radius 1 is 1.32 bits per heavy atom. The summed E-state index contributed by atoms with van der Waals surface area (Å²) in [7, 11) is 0. The summed E-state index contributed by atoms with van der Waals surface area (Å²) < 4.78 is 14.2. The molecule has 2 amide bonds. The fraction of sp³-hybridized carbons (Fsp3) is 0. The van der Waals surface area contributed by atoms with Crippen LogP contribution >= 0.6 is 15.9 Å². The van der Waals surface area contributed by atoms with E-state index < -0.39 is 17.6 Å². The van der Waals surface area contributed by atoms with E-state index in [4.69, 9.17) is 5.73 Å². The third-order valence-electron chi connectivity index (χ3n) is 2.39. The molecule has 1 aromatic carbocycles. The van der Waals surface area contributed by atoms with Crippen molar-refractivity contribution in [2.75, 3.05) is 5.32 Å². The molecule has 2 aromatic rings. The summed E-state index contributed by atoms with van der Waals surface area (Å²) in [6, 6.07) is 5.05. The van der Waals surface area contributed by atoms with Crippen LogP contribution in [0.3, 0.4) is 0 Å². The third kappa shape index (κ3) is 3.00. The van der Waals surface area contributed by atoms with Crippen molar-refractivity contribution in [1.82, 2.24) is 4.98 Å². The SMILES string of the molecule is NC(=O)c1ccc(F)c(NC(=O)c2cc(Br)c[nH]2)c1. The molecule has 1 heterocycles. The van der Waals surface area contributed by atoms with Crippen LogP contribution < -0.4 is 11.1 Å². The lowest BCUT2D eigenvalue weighted by Crippen LogP contribution is -2.15. The van der Waals surface area contributed by atoms with E-state index in [0.717, 1.165) is 6.07 Å². The van der Waals surface area contributed by atoms with Gasteiger partial charge in [-0.1, -0.05) is 0 Å². The largest absolute Gasteiger partial charge is 0.366 e. The Bertz CT molecular complexity index is 654. The van der Waals surface area contributed by atoms with Crippen molar-refractivity contribution in [3.05, 3.63) is 52.0 Å². The minimum Gasteiger partial charge on any atom is -0.366 e. The summed E-state index contributed by atoms with van der Waals surface area (Å²) in [6.07, 6.45) is 1.57. The number of nitrogens with two attached hydrogens (primary N) is 1. The first-order valence-electron chi connectivity index (χ1n) is 5.22. The number of hydrogen-bond acceptors (Lipinski definition) is 2. The van der Waals surface area contributed by atoms with E-state index >= 15 is 0 Å². The van der Waals surface area contributed by atoms with Gasteiger partial charge in [0.2, 0.25) is 5.91 Å². The van der Waals surface area contributed by atoms with E-state index in [2.05, 4.69) is 26.2 Å². The smallest absolute Gasteiger partial charge is 0.272 e. The fourth-order valence-corrected chi connectivity index (χ4v) is 1.81. The lowest BCUT2D eigenvalue weighted by molar-refractivity contribution is 0.0995. The van der Waals surface area contributed by atoms with Crippen molar-refractivity contribution >= 4 is 33.4 Å². The molecule has 4 N–H and O–H groups in total. The van der Waals surface area contributed by atoms with Gasteiger partial charge in [0.1, 0.15) is 11.5 Å². The molecule has 0 unspecified atom stereocenters. The number of aromatic amines is 1. The van der Waals surface area contributed by atoms with Crippen LogP contribution in [-0.4, -0.2) is 16.8 Å². The summed E-state index contributed by atoms with van der Waals surface area (Å²) in [6.45, 7) is 0. The highest BCUT2D eigenvalue weighted by Gasteiger charge is 2.12. The predicted octanol–water partition coefficient (Wildman–Crippen LogP) is 2.27. The maximum absolute atomic E-state index is 13.5. The van der Waals surface area contributed by atoms with Crippen LogP contribution in [0.2, 0.25) is 0 Å². The fourth-order valence-electron chi connectivity index (χ4n) is 1.46. The van der Waals surface area contributed by atoms with Crippen molar-refractivity contribution in [1.29, 1.82) is 0 Å². The number of nitrogens with one attached hydrogen (secondary N) is 2. The number of carbonyl (C=O) groups excluding carboxylic acids is 2. The lowest BCUT2D eigenvalue weighted by Gasteiger charge is -2.06. The van der Waals surface area contributed by atoms with Gasteiger partial charge in [0.05, 0.1) is 5.69 Å². The number of benzene rings is 1. The average Bonchev–Trinajstić information content (AvgIpc) is 2.78. The molecule has 0 fully saturated rings. The second-order valence-corrected chi connectivity index (χ2v) is 4.66. The Kier molecular flexibility index (Phi) is 3.66. The quantitative estimate of drug-likeness (QED) is 0.808. The van der Waals surface area contributed by atoms with Crippen molar-refractivity contribution in [2.45, 2.75) is 0 Å². The number of carbonyl (C=O) groups is 2. The number of primary amides is 1. The molecule has 0 saturated carbocycles. The number of halogens is 2. The highest BCUT2D eigenvalue weighted by Crippen LogP contribution is 2.18. The van der Waals surface area contributed by atoms with Gasteiger partial charge < -0.3 is 16.0 Å². The Morgan fingerprint density at radius 2 is 2.05 bits per heavy atom. The van der Waals surface area contributed by atoms with Crippen molar-refractivity contribution < 1.29 is 14.0 Å². The van der Waals surface area contributed by atoms with E-state index in [1.54, 1.807) is 12.3 Å². The second-order valence-electron chi connectivity index (χ2n) is 3.74. The zero-order valence-electron chi connectivity index (χ0n) is 9.54. The molecule has 5 nitrogen and oxygen atoms in total. The van der Waals surface area contributed by atoms with E-state index in [-0.39, 0.29) is 16.9 Å². The molecular formula is C12H9BrFN3O2. The average molecular weight is 326 g/mol. The van der Waals surface area contributed by atoms with E-state index in [1.165, 1.54) is 12.1 Å². The molecule has 0 aliphatic carbocycles. The molecule has 2 rings (SSSR count). The first-order valence-corrected chi connectivity index (χ1v) is 6.01. The van der Waals surface area contributed by atoms with Gasteiger partial charge in [-0.15, -0.1) is 0 Å². The van der Waals surface area contributed by atoms with Crippen LogP contribution in [0.5, 0.6) is 0 Å². The van der Waals surface area contributed by atoms with Gasteiger partial charge in [-0.25, -0.2) is 4.39 Å². The van der Waals surface area contributed by atoms with Gasteiger partial charge >= 0.3 is 0 Å². The van der Waals surface area contributed by atoms with Crippen LogP contribution in [0.15, 0.2) is 34.9 Å². The molecule has 0 radical (unpaired) electrons. The standard InChI is InChI=1S/C12H9BrFN3O2/c13-7-4-10(16-5-7)12(19)17-9-3-6(11(15)18)1-2-8(9)14/h1-5,16H,(H2,15,18)(H,17,19). The van der Waals surface area contributed by atoms with Crippen LogP contribution in [-0.2, 0) is 0 Å². The first-order chi connectivity index (χ1) is 8.97. The van der Waals surface area contributed by atoms with Crippen LogP contribution in [0.25, 0.3) is 0 Å². The molecule has 0 aliphatic rings. The topological polar surface area (TPSA) is 88.0 Å². The third-order valence-corrected chi connectivity index (χ3v) is 2.85. The summed E-state index contributed by atoms with van der Waals surface area (Å²) in [4.78, 5) is 25.5. The minimum absolute atomic E-state index is 0.105. The summed E-state index contributed by atoms with van der Waals surface area (Å²) in [5.74, 6) is -1.87. The van der Waals surface area contributed by atoms with Gasteiger partial charge in [0.25, 0.3) is 5.91 Å². The molecule has 0 spiro atoms. The normalized spacial score (nSPS) is 10.2. The minimum atomic E-state index is -0.696. The summed E-state index contributed by atoms with van der Waals surface area (Å²) in [5.41, 5.74) is 5.36. The van der Waals surface area contributed by atoms with Gasteiger partial charge in [-0.05, 0) is 40.2 Å². The Balaban J connectivity index is 2.25.